The summed E-state index contributed by atoms with van der Waals surface area (Å²) in [7, 11) is 0. The lowest BCUT2D eigenvalue weighted by Crippen LogP contribution is -2.27. The number of halogens is 2. The van der Waals surface area contributed by atoms with E-state index in [2.05, 4.69) is 9.47 Å². The van der Waals surface area contributed by atoms with E-state index in [1.807, 2.05) is 0 Å². The maximum Gasteiger partial charge on any atom is 0.496 e. The molecule has 0 atom stereocenters. The molecule has 0 fully saturated rings. The van der Waals surface area contributed by atoms with E-state index in [9.17, 15) is 18.4 Å². The van der Waals surface area contributed by atoms with Crippen LogP contribution in [0.15, 0.2) is 12.2 Å². The third kappa shape index (κ3) is 6.92. The largest absolute Gasteiger partial charge is 0.496 e. The van der Waals surface area contributed by atoms with E-state index in [4.69, 9.17) is 0 Å². The van der Waals surface area contributed by atoms with Crippen molar-refractivity contribution in [1.82, 2.24) is 0 Å². The van der Waals surface area contributed by atoms with Crippen LogP contribution < -0.4 is 0 Å². The van der Waals surface area contributed by atoms with Crippen molar-refractivity contribution in [2.24, 2.45) is 0 Å². The number of ether oxygens (including phenoxy) is 2. The monoisotopic (exact) mass is 236 g/mol. The minimum Gasteiger partial charge on any atom is -0.430 e. The summed E-state index contributed by atoms with van der Waals surface area (Å²) in [6.07, 6.45) is -1.24. The van der Waals surface area contributed by atoms with Crippen LogP contribution in [0.4, 0.5) is 18.4 Å². The van der Waals surface area contributed by atoms with Crippen LogP contribution in [0.5, 0.6) is 0 Å². The van der Waals surface area contributed by atoms with Gasteiger partial charge in [0.25, 0.3) is 0 Å². The Kier molecular flexibility index (Phi) is 4.59. The Bertz CT molecular complexity index is 278. The number of rotatable bonds is 4. The Morgan fingerprint density at radius 2 is 1.12 bits per heavy atom. The fourth-order valence-electron chi connectivity index (χ4n) is 0.883. The average molecular weight is 236 g/mol. The molecule has 4 nitrogen and oxygen atoms in total. The van der Waals surface area contributed by atoms with Crippen LogP contribution in [0.1, 0.15) is 27.7 Å². The molecular formula is C10H14F2O4. The van der Waals surface area contributed by atoms with E-state index in [1.54, 1.807) is 0 Å². The van der Waals surface area contributed by atoms with Crippen LogP contribution in [0, 0.1) is 0 Å². The SMILES string of the molecule is CC(C)(/C=C/C(C)(C)OC(=O)F)OC(=O)F. The Morgan fingerprint density at radius 3 is 1.31 bits per heavy atom. The quantitative estimate of drug-likeness (QED) is 0.555. The van der Waals surface area contributed by atoms with E-state index in [1.165, 1.54) is 39.8 Å². The molecule has 0 aliphatic carbocycles. The van der Waals surface area contributed by atoms with Gasteiger partial charge in [-0.05, 0) is 39.8 Å². The standard InChI is InChI=1S/C10H14F2O4/c1-9(2,15-7(11)13)5-6-10(3,4)16-8(12)14/h5-6H,1-4H3/b6-5+. The molecule has 0 aromatic heterocycles. The molecule has 92 valence electrons. The minimum absolute atomic E-state index is 1.20. The Labute approximate surface area is 92.2 Å². The zero-order chi connectivity index (χ0) is 13.0. The molecule has 0 unspecified atom stereocenters. The Morgan fingerprint density at radius 1 is 0.875 bits per heavy atom. The van der Waals surface area contributed by atoms with Gasteiger partial charge in [0.05, 0.1) is 0 Å². The van der Waals surface area contributed by atoms with Crippen molar-refractivity contribution in [2.75, 3.05) is 0 Å². The molecule has 0 aliphatic heterocycles. The highest BCUT2D eigenvalue weighted by Gasteiger charge is 2.24. The second-order valence-corrected chi connectivity index (χ2v) is 4.22. The van der Waals surface area contributed by atoms with Gasteiger partial charge >= 0.3 is 12.4 Å². The van der Waals surface area contributed by atoms with E-state index >= 15 is 0 Å². The van der Waals surface area contributed by atoms with Gasteiger partial charge in [0.1, 0.15) is 11.2 Å². The van der Waals surface area contributed by atoms with Crippen molar-refractivity contribution < 1.29 is 27.8 Å². The summed E-state index contributed by atoms with van der Waals surface area (Å²) in [5.74, 6) is 0. The lowest BCUT2D eigenvalue weighted by Gasteiger charge is -2.23. The first-order valence-corrected chi connectivity index (χ1v) is 4.51. The van der Waals surface area contributed by atoms with Gasteiger partial charge in [0.15, 0.2) is 0 Å². The van der Waals surface area contributed by atoms with Gasteiger partial charge in [-0.2, -0.15) is 0 Å². The number of hydrogen-bond donors (Lipinski definition) is 0. The molecular weight excluding hydrogens is 222 g/mol. The lowest BCUT2D eigenvalue weighted by atomic mass is 10.0. The van der Waals surface area contributed by atoms with Crippen molar-refractivity contribution in [1.29, 1.82) is 0 Å². The van der Waals surface area contributed by atoms with Gasteiger partial charge in [-0.1, -0.05) is 0 Å². The molecule has 0 aromatic rings. The molecule has 6 heteroatoms. The smallest absolute Gasteiger partial charge is 0.430 e. The van der Waals surface area contributed by atoms with Crippen molar-refractivity contribution in [3.63, 3.8) is 0 Å². The molecule has 16 heavy (non-hydrogen) atoms. The van der Waals surface area contributed by atoms with Crippen LogP contribution >= 0.6 is 0 Å². The van der Waals surface area contributed by atoms with Gasteiger partial charge in [-0.3, -0.25) is 0 Å². The van der Waals surface area contributed by atoms with Crippen molar-refractivity contribution in [3.8, 4) is 0 Å². The first-order chi connectivity index (χ1) is 7.04. The van der Waals surface area contributed by atoms with Crippen molar-refractivity contribution in [2.45, 2.75) is 38.9 Å². The van der Waals surface area contributed by atoms with Crippen molar-refractivity contribution in [3.05, 3.63) is 12.2 Å². The van der Waals surface area contributed by atoms with Crippen LogP contribution in [-0.4, -0.2) is 23.6 Å². The number of carbonyl (C=O) groups excluding carboxylic acids is 2. The molecule has 0 amide bonds. The summed E-state index contributed by atoms with van der Waals surface area (Å²) in [5, 5.41) is 0. The van der Waals surface area contributed by atoms with Gasteiger partial charge < -0.3 is 9.47 Å². The highest BCUT2D eigenvalue weighted by atomic mass is 19.2. The van der Waals surface area contributed by atoms with Gasteiger partial charge in [0.2, 0.25) is 0 Å². The molecule has 0 heterocycles. The van der Waals surface area contributed by atoms with Gasteiger partial charge in [-0.25, -0.2) is 9.59 Å². The van der Waals surface area contributed by atoms with Crippen LogP contribution in [0.3, 0.4) is 0 Å². The number of hydrogen-bond acceptors (Lipinski definition) is 4. The molecule has 0 rings (SSSR count). The topological polar surface area (TPSA) is 52.6 Å². The molecule has 0 spiro atoms. The number of carbonyl (C=O) groups is 2. The fourth-order valence-corrected chi connectivity index (χ4v) is 0.883. The third-order valence-electron chi connectivity index (χ3n) is 1.57. The normalized spacial score (nSPS) is 12.6. The zero-order valence-electron chi connectivity index (χ0n) is 9.54. The maximum atomic E-state index is 12.0. The van der Waals surface area contributed by atoms with Crippen molar-refractivity contribution >= 4 is 12.4 Å². The van der Waals surface area contributed by atoms with Crippen LogP contribution in [-0.2, 0) is 9.47 Å². The Balaban J connectivity index is 4.56. The third-order valence-corrected chi connectivity index (χ3v) is 1.57. The molecule has 0 radical (unpaired) electrons. The summed E-state index contributed by atoms with van der Waals surface area (Å²) in [6, 6.07) is 0. The molecule has 0 N–H and O–H groups in total. The molecule has 0 aliphatic rings. The Hall–Kier alpha value is -1.46. The molecule has 0 saturated heterocycles. The summed E-state index contributed by atoms with van der Waals surface area (Å²) in [5.41, 5.74) is -2.41. The molecule has 0 bridgehead atoms. The predicted octanol–water partition coefficient (Wildman–Crippen LogP) is 3.31. The van der Waals surface area contributed by atoms with Gasteiger partial charge in [0, 0.05) is 0 Å². The minimum atomic E-state index is -1.92. The molecule has 0 aromatic carbocycles. The molecule has 0 saturated carbocycles. The summed E-state index contributed by atoms with van der Waals surface area (Å²) in [4.78, 5) is 20.2. The lowest BCUT2D eigenvalue weighted by molar-refractivity contribution is 0.0410. The van der Waals surface area contributed by atoms with E-state index in [0.717, 1.165) is 0 Å². The first-order valence-electron chi connectivity index (χ1n) is 4.51. The van der Waals surface area contributed by atoms with Crippen LogP contribution in [0.2, 0.25) is 0 Å². The summed E-state index contributed by atoms with van der Waals surface area (Å²) >= 11 is 0. The second kappa shape index (κ2) is 5.05. The van der Waals surface area contributed by atoms with E-state index in [-0.39, 0.29) is 0 Å². The zero-order valence-corrected chi connectivity index (χ0v) is 9.54. The van der Waals surface area contributed by atoms with Gasteiger partial charge in [-0.15, -0.1) is 8.78 Å². The highest BCUT2D eigenvalue weighted by Crippen LogP contribution is 2.18. The maximum absolute atomic E-state index is 12.0. The summed E-state index contributed by atoms with van der Waals surface area (Å²) < 4.78 is 32.6. The second-order valence-electron chi connectivity index (χ2n) is 4.22. The van der Waals surface area contributed by atoms with Crippen LogP contribution in [0.25, 0.3) is 0 Å². The predicted molar refractivity (Wildman–Crippen MR) is 52.5 cm³/mol. The van der Waals surface area contributed by atoms with E-state index < -0.39 is 23.6 Å². The van der Waals surface area contributed by atoms with E-state index in [0.29, 0.717) is 0 Å². The first kappa shape index (κ1) is 14.5. The fraction of sp³-hybridized carbons (Fsp3) is 0.600. The highest BCUT2D eigenvalue weighted by molar-refractivity contribution is 5.59. The average Bonchev–Trinajstić information content (AvgIpc) is 1.96. The summed E-state index contributed by atoms with van der Waals surface area (Å²) in [6.45, 7) is 5.70.